The Morgan fingerprint density at radius 2 is 2.00 bits per heavy atom. The molecule has 0 aliphatic heterocycles. The fourth-order valence-corrected chi connectivity index (χ4v) is 3.24. The number of amides is 1. The van der Waals surface area contributed by atoms with Gasteiger partial charge in [0.05, 0.1) is 6.42 Å². The van der Waals surface area contributed by atoms with Crippen molar-refractivity contribution in [2.75, 3.05) is 11.9 Å². The molecule has 26 heavy (non-hydrogen) atoms. The fraction of sp³-hybridized carbons (Fsp3) is 0.500. The van der Waals surface area contributed by atoms with Crippen LogP contribution in [0, 0.1) is 27.9 Å². The molecule has 8 nitrogen and oxygen atoms in total. The molecule has 140 valence electrons. The molecule has 1 saturated carbocycles. The molecular weight excluding hydrogens is 340 g/mol. The van der Waals surface area contributed by atoms with Crippen LogP contribution in [-0.2, 0) is 19.1 Å². The van der Waals surface area contributed by atoms with Crippen molar-refractivity contribution in [1.82, 2.24) is 0 Å². The Morgan fingerprint density at radius 1 is 1.35 bits per heavy atom. The number of benzene rings is 1. The zero-order valence-electron chi connectivity index (χ0n) is 14.7. The molecule has 0 radical (unpaired) electrons. The van der Waals surface area contributed by atoms with Gasteiger partial charge in [-0.3, -0.25) is 24.5 Å². The first-order valence-corrected chi connectivity index (χ1v) is 8.47. The van der Waals surface area contributed by atoms with E-state index in [0.29, 0.717) is 5.69 Å². The predicted molar refractivity (Wildman–Crippen MR) is 92.9 cm³/mol. The van der Waals surface area contributed by atoms with Crippen LogP contribution < -0.4 is 5.32 Å². The molecule has 2 rings (SSSR count). The van der Waals surface area contributed by atoms with Gasteiger partial charge in [-0.15, -0.1) is 0 Å². The SMILES string of the molecule is C[C@H](OC(=O)C[C@H]1C(=O)C[C@@H](C)[C@H]1C[N+](=O)[O-])C(=O)Nc1ccccc1. The monoisotopic (exact) mass is 362 g/mol. The van der Waals surface area contributed by atoms with E-state index in [9.17, 15) is 24.5 Å². The molecule has 0 unspecified atom stereocenters. The molecule has 1 aliphatic carbocycles. The molecule has 1 aromatic rings. The molecule has 4 atom stereocenters. The Kier molecular flexibility index (Phi) is 6.43. The van der Waals surface area contributed by atoms with Gasteiger partial charge in [0.2, 0.25) is 6.54 Å². The number of ketones is 1. The highest BCUT2D eigenvalue weighted by Crippen LogP contribution is 2.36. The van der Waals surface area contributed by atoms with Gasteiger partial charge in [-0.1, -0.05) is 25.1 Å². The second kappa shape index (κ2) is 8.55. The summed E-state index contributed by atoms with van der Waals surface area (Å²) in [4.78, 5) is 46.6. The van der Waals surface area contributed by atoms with Crippen molar-refractivity contribution in [3.8, 4) is 0 Å². The van der Waals surface area contributed by atoms with Gasteiger partial charge in [-0.05, 0) is 25.0 Å². The van der Waals surface area contributed by atoms with E-state index < -0.39 is 34.7 Å². The van der Waals surface area contributed by atoms with Crippen molar-refractivity contribution in [3.63, 3.8) is 0 Å². The molecule has 1 aromatic carbocycles. The number of Topliss-reactive ketones (excluding diaryl/α,β-unsaturated/α-hetero) is 1. The third kappa shape index (κ3) is 5.11. The lowest BCUT2D eigenvalue weighted by Crippen LogP contribution is -2.32. The van der Waals surface area contributed by atoms with Crippen molar-refractivity contribution in [1.29, 1.82) is 0 Å². The van der Waals surface area contributed by atoms with Gasteiger partial charge < -0.3 is 10.1 Å². The lowest BCUT2D eigenvalue weighted by molar-refractivity contribution is -0.490. The summed E-state index contributed by atoms with van der Waals surface area (Å²) in [6, 6.07) is 8.73. The number of anilines is 1. The summed E-state index contributed by atoms with van der Waals surface area (Å²) in [6.45, 7) is 2.85. The molecular formula is C18H22N2O6. The topological polar surface area (TPSA) is 116 Å². The highest BCUT2D eigenvalue weighted by molar-refractivity contribution is 5.95. The maximum atomic E-state index is 12.1. The van der Waals surface area contributed by atoms with Crippen LogP contribution in [-0.4, -0.2) is 35.2 Å². The van der Waals surface area contributed by atoms with E-state index in [-0.39, 0.29) is 31.1 Å². The number of rotatable bonds is 7. The summed E-state index contributed by atoms with van der Waals surface area (Å²) in [6.07, 6.45) is -1.06. The average molecular weight is 362 g/mol. The summed E-state index contributed by atoms with van der Waals surface area (Å²) >= 11 is 0. The number of esters is 1. The zero-order chi connectivity index (χ0) is 19.3. The van der Waals surface area contributed by atoms with Gasteiger partial charge >= 0.3 is 5.97 Å². The molecule has 0 spiro atoms. The number of hydrogen-bond donors (Lipinski definition) is 1. The quantitative estimate of drug-likeness (QED) is 0.451. The normalized spacial score (nSPS) is 23.3. The summed E-state index contributed by atoms with van der Waals surface area (Å²) in [5, 5.41) is 13.4. The van der Waals surface area contributed by atoms with E-state index in [4.69, 9.17) is 4.74 Å². The fourth-order valence-electron chi connectivity index (χ4n) is 3.24. The minimum atomic E-state index is -1.04. The van der Waals surface area contributed by atoms with Crippen molar-refractivity contribution in [3.05, 3.63) is 40.4 Å². The first-order chi connectivity index (χ1) is 12.3. The van der Waals surface area contributed by atoms with E-state index in [1.54, 1.807) is 37.3 Å². The van der Waals surface area contributed by atoms with Crippen LogP contribution >= 0.6 is 0 Å². The minimum Gasteiger partial charge on any atom is -0.453 e. The first kappa shape index (κ1) is 19.6. The molecule has 1 fully saturated rings. The summed E-state index contributed by atoms with van der Waals surface area (Å²) < 4.78 is 5.11. The standard InChI is InChI=1S/C18H22N2O6/c1-11-8-16(21)14(15(11)10-20(24)25)9-17(22)26-12(2)18(23)19-13-6-4-3-5-7-13/h3-7,11-12,14-15H,8-10H2,1-2H3,(H,19,23)/t11-,12+,14-,15-/m1/s1. The molecule has 0 aromatic heterocycles. The number of carbonyl (C=O) groups excluding carboxylic acids is 3. The third-order valence-corrected chi connectivity index (χ3v) is 4.65. The van der Waals surface area contributed by atoms with Crippen molar-refractivity contribution < 1.29 is 24.0 Å². The lowest BCUT2D eigenvalue weighted by Gasteiger charge is -2.18. The molecule has 0 heterocycles. The number of ether oxygens (including phenoxy) is 1. The molecule has 8 heteroatoms. The smallest absolute Gasteiger partial charge is 0.307 e. The van der Waals surface area contributed by atoms with E-state index >= 15 is 0 Å². The number of nitro groups is 1. The van der Waals surface area contributed by atoms with Gasteiger partial charge in [-0.25, -0.2) is 0 Å². The Morgan fingerprint density at radius 3 is 2.62 bits per heavy atom. The maximum absolute atomic E-state index is 12.1. The highest BCUT2D eigenvalue weighted by Gasteiger charge is 2.44. The lowest BCUT2D eigenvalue weighted by atomic mass is 9.88. The molecule has 1 N–H and O–H groups in total. The average Bonchev–Trinajstić information content (AvgIpc) is 2.82. The van der Waals surface area contributed by atoms with E-state index in [1.165, 1.54) is 6.92 Å². The Balaban J connectivity index is 1.91. The number of para-hydroxylation sites is 1. The van der Waals surface area contributed by atoms with Gasteiger partial charge in [0.15, 0.2) is 6.10 Å². The van der Waals surface area contributed by atoms with Gasteiger partial charge in [-0.2, -0.15) is 0 Å². The van der Waals surface area contributed by atoms with Crippen LogP contribution in [0.2, 0.25) is 0 Å². The zero-order valence-corrected chi connectivity index (χ0v) is 14.7. The molecule has 1 amide bonds. The molecule has 0 bridgehead atoms. The largest absolute Gasteiger partial charge is 0.453 e. The van der Waals surface area contributed by atoms with Crippen LogP contribution in [0.3, 0.4) is 0 Å². The predicted octanol–water partition coefficient (Wildman–Crippen LogP) is 2.06. The number of nitrogens with one attached hydrogen (secondary N) is 1. The van der Waals surface area contributed by atoms with Crippen molar-refractivity contribution in [2.24, 2.45) is 17.8 Å². The first-order valence-electron chi connectivity index (χ1n) is 8.47. The van der Waals surface area contributed by atoms with Crippen LogP contribution in [0.4, 0.5) is 5.69 Å². The van der Waals surface area contributed by atoms with Gasteiger partial charge in [0.1, 0.15) is 5.78 Å². The number of hydrogen-bond acceptors (Lipinski definition) is 6. The van der Waals surface area contributed by atoms with Gasteiger partial charge in [0, 0.05) is 28.9 Å². The summed E-state index contributed by atoms with van der Waals surface area (Å²) in [5.41, 5.74) is 0.575. The van der Waals surface area contributed by atoms with Crippen LogP contribution in [0.15, 0.2) is 30.3 Å². The van der Waals surface area contributed by atoms with Crippen LogP contribution in [0.1, 0.15) is 26.7 Å². The maximum Gasteiger partial charge on any atom is 0.307 e. The van der Waals surface area contributed by atoms with Crippen molar-refractivity contribution >= 4 is 23.3 Å². The van der Waals surface area contributed by atoms with Gasteiger partial charge in [0.25, 0.3) is 5.91 Å². The molecule has 1 aliphatic rings. The highest BCUT2D eigenvalue weighted by atomic mass is 16.6. The Hall–Kier alpha value is -2.77. The second-order valence-electron chi connectivity index (χ2n) is 6.62. The van der Waals surface area contributed by atoms with Crippen LogP contribution in [0.5, 0.6) is 0 Å². The third-order valence-electron chi connectivity index (χ3n) is 4.65. The summed E-state index contributed by atoms with van der Waals surface area (Å²) in [5.74, 6) is -2.73. The number of carbonyl (C=O) groups is 3. The second-order valence-corrected chi connectivity index (χ2v) is 6.62. The Bertz CT molecular complexity index is 690. The van der Waals surface area contributed by atoms with E-state index in [1.807, 2.05) is 0 Å². The molecule has 0 saturated heterocycles. The van der Waals surface area contributed by atoms with Crippen LogP contribution in [0.25, 0.3) is 0 Å². The van der Waals surface area contributed by atoms with E-state index in [0.717, 1.165) is 0 Å². The summed E-state index contributed by atoms with van der Waals surface area (Å²) in [7, 11) is 0. The minimum absolute atomic E-state index is 0.149. The Labute approximate surface area is 151 Å². The van der Waals surface area contributed by atoms with E-state index in [2.05, 4.69) is 5.32 Å². The number of nitrogens with zero attached hydrogens (tertiary/aromatic N) is 1. The van der Waals surface area contributed by atoms with Crippen molar-refractivity contribution in [2.45, 2.75) is 32.8 Å².